The van der Waals surface area contributed by atoms with Crippen LogP contribution in [0.15, 0.2) is 0 Å². The fourth-order valence-corrected chi connectivity index (χ4v) is 3.80. The molecule has 2 fully saturated rings. The lowest BCUT2D eigenvalue weighted by Crippen LogP contribution is -2.56. The van der Waals surface area contributed by atoms with Gasteiger partial charge >= 0.3 is 12.0 Å². The molecule has 1 aliphatic heterocycles. The van der Waals surface area contributed by atoms with Gasteiger partial charge in [0.25, 0.3) is 0 Å². The van der Waals surface area contributed by atoms with Gasteiger partial charge in [-0.2, -0.15) is 0 Å². The zero-order valence-electron chi connectivity index (χ0n) is 13.1. The van der Waals surface area contributed by atoms with Gasteiger partial charge in [-0.3, -0.25) is 4.79 Å². The molecule has 1 aliphatic carbocycles. The summed E-state index contributed by atoms with van der Waals surface area (Å²) in [5, 5.41) is 9.27. The van der Waals surface area contributed by atoms with Gasteiger partial charge in [0, 0.05) is 20.1 Å². The minimum absolute atomic E-state index is 0.0278. The van der Waals surface area contributed by atoms with Gasteiger partial charge in [-0.15, -0.1) is 0 Å². The lowest BCUT2D eigenvalue weighted by atomic mass is 9.78. The minimum Gasteiger partial charge on any atom is -0.481 e. The number of rotatable bonds is 3. The van der Waals surface area contributed by atoms with Crippen molar-refractivity contribution in [3.8, 4) is 0 Å². The molecule has 0 radical (unpaired) electrons. The second-order valence-corrected chi connectivity index (χ2v) is 6.60. The van der Waals surface area contributed by atoms with Crippen molar-refractivity contribution >= 4 is 12.0 Å². The molecule has 1 saturated heterocycles. The lowest BCUT2D eigenvalue weighted by Gasteiger charge is -2.45. The SMILES string of the molecule is CN(C(=O)N1CCCCCC1)C1(CC(=O)O)CCCCC1. The fraction of sp³-hybridized carbons (Fsp3) is 0.875. The van der Waals surface area contributed by atoms with Gasteiger partial charge in [0.15, 0.2) is 0 Å². The lowest BCUT2D eigenvalue weighted by molar-refractivity contribution is -0.140. The molecule has 0 bridgehead atoms. The quantitative estimate of drug-likeness (QED) is 0.870. The fourth-order valence-electron chi connectivity index (χ4n) is 3.80. The second kappa shape index (κ2) is 7.14. The van der Waals surface area contributed by atoms with E-state index < -0.39 is 11.5 Å². The number of carboxylic acids is 1. The molecule has 0 spiro atoms. The number of nitrogens with zero attached hydrogens (tertiary/aromatic N) is 2. The highest BCUT2D eigenvalue weighted by molar-refractivity contribution is 5.77. The summed E-state index contributed by atoms with van der Waals surface area (Å²) in [6.07, 6.45) is 9.38. The predicted molar refractivity (Wildman–Crippen MR) is 81.3 cm³/mol. The van der Waals surface area contributed by atoms with Crippen molar-refractivity contribution in [2.24, 2.45) is 0 Å². The predicted octanol–water partition coefficient (Wildman–Crippen LogP) is 3.09. The Morgan fingerprint density at radius 1 is 1.00 bits per heavy atom. The van der Waals surface area contributed by atoms with E-state index in [-0.39, 0.29) is 12.5 Å². The normalized spacial score (nSPS) is 22.4. The first-order valence-electron chi connectivity index (χ1n) is 8.30. The summed E-state index contributed by atoms with van der Waals surface area (Å²) >= 11 is 0. The molecule has 0 unspecified atom stereocenters. The summed E-state index contributed by atoms with van der Waals surface area (Å²) in [6.45, 7) is 1.62. The third-order valence-corrected chi connectivity index (χ3v) is 5.14. The van der Waals surface area contributed by atoms with E-state index in [2.05, 4.69) is 0 Å². The van der Waals surface area contributed by atoms with Crippen LogP contribution in [0.5, 0.6) is 0 Å². The number of likely N-dealkylation sites (tertiary alicyclic amines) is 1. The van der Waals surface area contributed by atoms with E-state index in [1.54, 1.807) is 4.90 Å². The van der Waals surface area contributed by atoms with Gasteiger partial charge in [-0.25, -0.2) is 4.79 Å². The van der Waals surface area contributed by atoms with Crippen LogP contribution >= 0.6 is 0 Å². The average Bonchev–Trinajstić information content (AvgIpc) is 2.75. The zero-order valence-corrected chi connectivity index (χ0v) is 13.1. The third kappa shape index (κ3) is 3.89. The molecule has 1 N–H and O–H groups in total. The number of carbonyl (C=O) groups excluding carboxylic acids is 1. The Hall–Kier alpha value is -1.26. The maximum atomic E-state index is 12.8. The molecule has 1 heterocycles. The average molecular weight is 296 g/mol. The van der Waals surface area contributed by atoms with Crippen molar-refractivity contribution in [2.45, 2.75) is 69.7 Å². The maximum Gasteiger partial charge on any atom is 0.320 e. The summed E-state index contributed by atoms with van der Waals surface area (Å²) < 4.78 is 0. The molecule has 5 heteroatoms. The third-order valence-electron chi connectivity index (χ3n) is 5.14. The highest BCUT2D eigenvalue weighted by Crippen LogP contribution is 2.36. The van der Waals surface area contributed by atoms with E-state index in [4.69, 9.17) is 0 Å². The number of carbonyl (C=O) groups is 2. The number of aliphatic carboxylic acids is 1. The Morgan fingerprint density at radius 2 is 1.52 bits per heavy atom. The van der Waals surface area contributed by atoms with Crippen molar-refractivity contribution in [3.63, 3.8) is 0 Å². The Balaban J connectivity index is 2.10. The first-order valence-corrected chi connectivity index (χ1v) is 8.30. The topological polar surface area (TPSA) is 60.9 Å². The molecule has 0 aromatic heterocycles. The van der Waals surface area contributed by atoms with Gasteiger partial charge in [0.2, 0.25) is 0 Å². The molecule has 0 aromatic rings. The van der Waals surface area contributed by atoms with Crippen molar-refractivity contribution in [1.29, 1.82) is 0 Å². The van der Waals surface area contributed by atoms with Crippen LogP contribution in [0.3, 0.4) is 0 Å². The molecule has 1 saturated carbocycles. The highest BCUT2D eigenvalue weighted by atomic mass is 16.4. The monoisotopic (exact) mass is 296 g/mol. The molecular formula is C16H28N2O3. The van der Waals surface area contributed by atoms with E-state index in [1.165, 1.54) is 12.8 Å². The van der Waals surface area contributed by atoms with Crippen LogP contribution in [0.25, 0.3) is 0 Å². The zero-order chi connectivity index (χ0) is 15.3. The van der Waals surface area contributed by atoms with Gasteiger partial charge in [0.05, 0.1) is 12.0 Å². The van der Waals surface area contributed by atoms with Crippen LogP contribution in [-0.4, -0.2) is 52.6 Å². The molecule has 2 rings (SSSR count). The van der Waals surface area contributed by atoms with Crippen LogP contribution in [0.2, 0.25) is 0 Å². The Labute approximate surface area is 127 Å². The summed E-state index contributed by atoms with van der Waals surface area (Å²) in [5.41, 5.74) is -0.479. The summed E-state index contributed by atoms with van der Waals surface area (Å²) in [4.78, 5) is 27.8. The summed E-state index contributed by atoms with van der Waals surface area (Å²) in [6, 6.07) is 0.0278. The smallest absolute Gasteiger partial charge is 0.320 e. The summed E-state index contributed by atoms with van der Waals surface area (Å²) in [5.74, 6) is -0.799. The molecule has 2 amide bonds. The van der Waals surface area contributed by atoms with E-state index >= 15 is 0 Å². The van der Waals surface area contributed by atoms with Crippen molar-refractivity contribution in [1.82, 2.24) is 9.80 Å². The molecule has 2 aliphatic rings. The van der Waals surface area contributed by atoms with E-state index in [0.29, 0.717) is 0 Å². The molecule has 120 valence electrons. The first kappa shape index (κ1) is 16.1. The van der Waals surface area contributed by atoms with Gasteiger partial charge in [-0.05, 0) is 25.7 Å². The number of urea groups is 1. The Morgan fingerprint density at radius 3 is 2.05 bits per heavy atom. The van der Waals surface area contributed by atoms with Crippen molar-refractivity contribution in [3.05, 3.63) is 0 Å². The van der Waals surface area contributed by atoms with Crippen LogP contribution in [-0.2, 0) is 4.79 Å². The second-order valence-electron chi connectivity index (χ2n) is 6.60. The van der Waals surface area contributed by atoms with Crippen LogP contribution in [0.4, 0.5) is 4.79 Å². The number of hydrogen-bond acceptors (Lipinski definition) is 2. The van der Waals surface area contributed by atoms with Crippen LogP contribution < -0.4 is 0 Å². The van der Waals surface area contributed by atoms with Crippen molar-refractivity contribution in [2.75, 3.05) is 20.1 Å². The molecule has 21 heavy (non-hydrogen) atoms. The van der Waals surface area contributed by atoms with Crippen LogP contribution in [0, 0.1) is 0 Å². The maximum absolute atomic E-state index is 12.8. The molecule has 5 nitrogen and oxygen atoms in total. The highest BCUT2D eigenvalue weighted by Gasteiger charge is 2.41. The van der Waals surface area contributed by atoms with Gasteiger partial charge in [-0.1, -0.05) is 32.1 Å². The van der Waals surface area contributed by atoms with E-state index in [0.717, 1.165) is 58.0 Å². The van der Waals surface area contributed by atoms with Gasteiger partial charge in [0.1, 0.15) is 0 Å². The molecular weight excluding hydrogens is 268 g/mol. The van der Waals surface area contributed by atoms with Gasteiger partial charge < -0.3 is 14.9 Å². The van der Waals surface area contributed by atoms with Crippen LogP contribution in [0.1, 0.15) is 64.2 Å². The number of amides is 2. The largest absolute Gasteiger partial charge is 0.481 e. The number of hydrogen-bond donors (Lipinski definition) is 1. The Bertz CT molecular complexity index is 370. The molecule has 0 aromatic carbocycles. The van der Waals surface area contributed by atoms with E-state index in [9.17, 15) is 14.7 Å². The van der Waals surface area contributed by atoms with Crippen molar-refractivity contribution < 1.29 is 14.7 Å². The molecule has 0 atom stereocenters. The number of carboxylic acid groups (broad SMARTS) is 1. The standard InChI is InChI=1S/C16H28N2O3/c1-17(15(21)18-11-7-2-3-8-12-18)16(13-14(19)20)9-5-4-6-10-16/h2-13H2,1H3,(H,19,20). The first-order chi connectivity index (χ1) is 10.1. The summed E-state index contributed by atoms with van der Waals surface area (Å²) in [7, 11) is 1.81. The Kier molecular flexibility index (Phi) is 5.48. The minimum atomic E-state index is -0.799. The van der Waals surface area contributed by atoms with E-state index in [1.807, 2.05) is 11.9 Å².